The highest BCUT2D eigenvalue weighted by atomic mass is 32.1. The number of benzene rings is 2. The summed E-state index contributed by atoms with van der Waals surface area (Å²) in [7, 11) is 0. The Balaban J connectivity index is 1.64. The van der Waals surface area contributed by atoms with Gasteiger partial charge in [0.25, 0.3) is 0 Å². The summed E-state index contributed by atoms with van der Waals surface area (Å²) in [5, 5.41) is 8.20. The van der Waals surface area contributed by atoms with E-state index in [4.69, 9.17) is 17.0 Å². The van der Waals surface area contributed by atoms with Gasteiger partial charge in [0.2, 0.25) is 0 Å². The van der Waals surface area contributed by atoms with Crippen LogP contribution in [0.5, 0.6) is 5.75 Å². The molecule has 5 heteroatoms. The molecule has 0 bridgehead atoms. The van der Waals surface area contributed by atoms with Gasteiger partial charge in [0, 0.05) is 11.3 Å². The molecule has 0 spiro atoms. The van der Waals surface area contributed by atoms with Crippen LogP contribution in [0.25, 0.3) is 0 Å². The van der Waals surface area contributed by atoms with E-state index < -0.39 is 0 Å². The first-order valence-corrected chi connectivity index (χ1v) is 9.12. The molecule has 0 aromatic heterocycles. The third kappa shape index (κ3) is 4.79. The maximum atomic E-state index is 5.44. The molecule has 1 aliphatic carbocycles. The molecule has 0 atom stereocenters. The number of hydrazone groups is 1. The highest BCUT2D eigenvalue weighted by Crippen LogP contribution is 2.21. The lowest BCUT2D eigenvalue weighted by Gasteiger charge is -2.11. The molecule has 0 heterocycles. The van der Waals surface area contributed by atoms with Gasteiger partial charge in [-0.2, -0.15) is 5.10 Å². The minimum Gasteiger partial charge on any atom is -0.494 e. The Morgan fingerprint density at radius 3 is 2.64 bits per heavy atom. The molecule has 2 aromatic rings. The third-order valence-corrected chi connectivity index (χ3v) is 4.35. The van der Waals surface area contributed by atoms with Crippen molar-refractivity contribution in [2.75, 3.05) is 11.9 Å². The van der Waals surface area contributed by atoms with Gasteiger partial charge in [0.1, 0.15) is 5.75 Å². The summed E-state index contributed by atoms with van der Waals surface area (Å²) in [6, 6.07) is 16.2. The normalized spacial score (nSPS) is 15.2. The SMILES string of the molecule is CCOc1ccc(NC(=S)N/N=C2\CCCCc3ccccc32)cc1. The predicted octanol–water partition coefficient (Wildman–Crippen LogP) is 4.50. The van der Waals surface area contributed by atoms with Gasteiger partial charge in [-0.25, -0.2) is 0 Å². The van der Waals surface area contributed by atoms with Crippen LogP contribution in [0, 0.1) is 0 Å². The van der Waals surface area contributed by atoms with Crippen molar-refractivity contribution in [1.82, 2.24) is 5.43 Å². The maximum Gasteiger partial charge on any atom is 0.191 e. The molecule has 0 fully saturated rings. The van der Waals surface area contributed by atoms with Gasteiger partial charge in [0.15, 0.2) is 5.11 Å². The van der Waals surface area contributed by atoms with E-state index in [9.17, 15) is 0 Å². The molecular formula is C20H23N3OS. The maximum absolute atomic E-state index is 5.44. The first-order valence-electron chi connectivity index (χ1n) is 8.71. The molecule has 1 aliphatic rings. The number of hydrogen-bond acceptors (Lipinski definition) is 3. The van der Waals surface area contributed by atoms with Gasteiger partial charge < -0.3 is 10.1 Å². The number of nitrogens with zero attached hydrogens (tertiary/aromatic N) is 1. The van der Waals surface area contributed by atoms with E-state index in [1.165, 1.54) is 17.5 Å². The van der Waals surface area contributed by atoms with Crippen LogP contribution in [0.4, 0.5) is 5.69 Å². The molecule has 0 amide bonds. The Morgan fingerprint density at radius 1 is 1.08 bits per heavy atom. The molecule has 4 nitrogen and oxygen atoms in total. The molecule has 0 radical (unpaired) electrons. The van der Waals surface area contributed by atoms with Crippen LogP contribution < -0.4 is 15.5 Å². The van der Waals surface area contributed by atoms with Crippen LogP contribution in [0.3, 0.4) is 0 Å². The zero-order chi connectivity index (χ0) is 17.5. The Kier molecular flexibility index (Phi) is 6.01. The van der Waals surface area contributed by atoms with Crippen molar-refractivity contribution in [2.45, 2.75) is 32.6 Å². The van der Waals surface area contributed by atoms with E-state index in [0.717, 1.165) is 36.4 Å². The number of hydrogen-bond donors (Lipinski definition) is 2. The smallest absolute Gasteiger partial charge is 0.191 e. The summed E-state index contributed by atoms with van der Waals surface area (Å²) in [6.07, 6.45) is 4.43. The molecule has 130 valence electrons. The molecule has 2 N–H and O–H groups in total. The van der Waals surface area contributed by atoms with E-state index in [2.05, 4.69) is 40.1 Å². The second-order valence-electron chi connectivity index (χ2n) is 5.95. The zero-order valence-corrected chi connectivity index (χ0v) is 15.2. The Bertz CT molecular complexity index is 756. The van der Waals surface area contributed by atoms with Crippen molar-refractivity contribution in [3.05, 3.63) is 59.7 Å². The van der Waals surface area contributed by atoms with Gasteiger partial charge >= 0.3 is 0 Å². The largest absolute Gasteiger partial charge is 0.494 e. The quantitative estimate of drug-likeness (QED) is 0.482. The van der Waals surface area contributed by atoms with E-state index in [1.54, 1.807) is 0 Å². The zero-order valence-electron chi connectivity index (χ0n) is 14.4. The lowest BCUT2D eigenvalue weighted by atomic mass is 10.0. The summed E-state index contributed by atoms with van der Waals surface area (Å²) >= 11 is 5.36. The topological polar surface area (TPSA) is 45.6 Å². The Morgan fingerprint density at radius 2 is 1.84 bits per heavy atom. The Labute approximate surface area is 154 Å². The van der Waals surface area contributed by atoms with Crippen molar-refractivity contribution in [3.8, 4) is 5.75 Å². The summed E-state index contributed by atoms with van der Waals surface area (Å²) in [5.74, 6) is 0.849. The highest BCUT2D eigenvalue weighted by molar-refractivity contribution is 7.80. The van der Waals surface area contributed by atoms with Gasteiger partial charge in [0.05, 0.1) is 12.3 Å². The number of anilines is 1. The van der Waals surface area contributed by atoms with Crippen molar-refractivity contribution < 1.29 is 4.74 Å². The first-order chi connectivity index (χ1) is 12.3. The fraction of sp³-hybridized carbons (Fsp3) is 0.300. The number of ether oxygens (including phenoxy) is 1. The second-order valence-corrected chi connectivity index (χ2v) is 6.35. The van der Waals surface area contributed by atoms with Gasteiger partial charge in [-0.3, -0.25) is 5.43 Å². The van der Waals surface area contributed by atoms with E-state index in [-0.39, 0.29) is 0 Å². The average Bonchev–Trinajstić information content (AvgIpc) is 2.84. The van der Waals surface area contributed by atoms with Gasteiger partial charge in [-0.15, -0.1) is 0 Å². The number of fused-ring (bicyclic) bond motifs is 1. The molecule has 0 aliphatic heterocycles. The number of thiocarbonyl (C=S) groups is 1. The number of nitrogens with one attached hydrogen (secondary N) is 2. The first kappa shape index (κ1) is 17.4. The predicted molar refractivity (Wildman–Crippen MR) is 108 cm³/mol. The average molecular weight is 353 g/mol. The van der Waals surface area contributed by atoms with Crippen molar-refractivity contribution in [1.29, 1.82) is 0 Å². The summed E-state index contributed by atoms with van der Waals surface area (Å²) in [4.78, 5) is 0. The van der Waals surface area contributed by atoms with Crippen molar-refractivity contribution >= 4 is 28.7 Å². The van der Waals surface area contributed by atoms with Crippen LogP contribution >= 0.6 is 12.2 Å². The van der Waals surface area contributed by atoms with Crippen molar-refractivity contribution in [3.63, 3.8) is 0 Å². The van der Waals surface area contributed by atoms with E-state index in [1.807, 2.05) is 31.2 Å². The molecule has 3 rings (SSSR count). The molecule has 0 saturated heterocycles. The lowest BCUT2D eigenvalue weighted by Crippen LogP contribution is -2.25. The van der Waals surface area contributed by atoms with Crippen LogP contribution in [0.1, 0.15) is 37.3 Å². The van der Waals surface area contributed by atoms with E-state index >= 15 is 0 Å². The fourth-order valence-electron chi connectivity index (χ4n) is 2.96. The lowest BCUT2D eigenvalue weighted by molar-refractivity contribution is 0.340. The van der Waals surface area contributed by atoms with Crippen LogP contribution in [0.2, 0.25) is 0 Å². The van der Waals surface area contributed by atoms with E-state index in [0.29, 0.717) is 11.7 Å². The monoisotopic (exact) mass is 353 g/mol. The molecule has 2 aromatic carbocycles. The second kappa shape index (κ2) is 8.62. The molecule has 25 heavy (non-hydrogen) atoms. The standard InChI is InChI=1S/C20H23N3OS/c1-2-24-17-13-11-16(12-14-17)21-20(25)23-22-19-10-6-4-8-15-7-3-5-9-18(15)19/h3,5,7,9,11-14H,2,4,6,8,10H2,1H3,(H2,21,23,25)/b22-19+. The van der Waals surface area contributed by atoms with Gasteiger partial charge in [-0.1, -0.05) is 24.3 Å². The number of aryl methyl sites for hydroxylation is 1. The van der Waals surface area contributed by atoms with Crippen LogP contribution in [0.15, 0.2) is 53.6 Å². The van der Waals surface area contributed by atoms with Crippen molar-refractivity contribution in [2.24, 2.45) is 5.10 Å². The Hall–Kier alpha value is -2.40. The molecular weight excluding hydrogens is 330 g/mol. The van der Waals surface area contributed by atoms with Crippen LogP contribution in [-0.2, 0) is 6.42 Å². The highest BCUT2D eigenvalue weighted by Gasteiger charge is 2.13. The summed E-state index contributed by atoms with van der Waals surface area (Å²) in [5.41, 5.74) is 7.56. The summed E-state index contributed by atoms with van der Waals surface area (Å²) < 4.78 is 5.44. The minimum atomic E-state index is 0.485. The molecule has 0 unspecified atom stereocenters. The third-order valence-electron chi connectivity index (χ3n) is 4.15. The summed E-state index contributed by atoms with van der Waals surface area (Å²) in [6.45, 7) is 2.63. The number of rotatable bonds is 4. The van der Waals surface area contributed by atoms with Gasteiger partial charge in [-0.05, 0) is 74.7 Å². The van der Waals surface area contributed by atoms with Crippen LogP contribution in [-0.4, -0.2) is 17.4 Å². The minimum absolute atomic E-state index is 0.485. The fourth-order valence-corrected chi connectivity index (χ4v) is 3.12. The molecule has 0 saturated carbocycles.